The number of hydrogen-bond donors (Lipinski definition) is 1. The van der Waals surface area contributed by atoms with E-state index in [4.69, 9.17) is 16.3 Å². The second-order valence-corrected chi connectivity index (χ2v) is 9.52. The number of hydrogen-bond acceptors (Lipinski definition) is 4. The largest absolute Gasteiger partial charge is 0.457 e. The van der Waals surface area contributed by atoms with E-state index >= 15 is 0 Å². The molecule has 156 valence electrons. The van der Waals surface area contributed by atoms with Crippen LogP contribution in [-0.2, 0) is 14.8 Å². The van der Waals surface area contributed by atoms with Gasteiger partial charge in [0, 0.05) is 10.2 Å². The third-order valence-electron chi connectivity index (χ3n) is 3.99. The number of anilines is 2. The van der Waals surface area contributed by atoms with Gasteiger partial charge in [0.15, 0.2) is 0 Å². The van der Waals surface area contributed by atoms with Gasteiger partial charge in [-0.3, -0.25) is 9.10 Å². The molecule has 3 aromatic carbocycles. The van der Waals surface area contributed by atoms with Crippen molar-refractivity contribution in [2.75, 3.05) is 22.4 Å². The van der Waals surface area contributed by atoms with Crippen LogP contribution in [0, 0.1) is 0 Å². The summed E-state index contributed by atoms with van der Waals surface area (Å²) in [5.74, 6) is 0.716. The first kappa shape index (κ1) is 22.1. The van der Waals surface area contributed by atoms with Crippen LogP contribution in [0.15, 0.2) is 77.3 Å². The summed E-state index contributed by atoms with van der Waals surface area (Å²) in [6.07, 6.45) is 1.05. The molecule has 0 aliphatic carbocycles. The highest BCUT2D eigenvalue weighted by atomic mass is 79.9. The van der Waals surface area contributed by atoms with Gasteiger partial charge in [0.25, 0.3) is 0 Å². The van der Waals surface area contributed by atoms with Gasteiger partial charge in [-0.2, -0.15) is 0 Å². The monoisotopic (exact) mass is 508 g/mol. The van der Waals surface area contributed by atoms with Crippen molar-refractivity contribution in [3.05, 3.63) is 82.3 Å². The van der Waals surface area contributed by atoms with Crippen molar-refractivity contribution in [1.82, 2.24) is 0 Å². The van der Waals surface area contributed by atoms with E-state index < -0.39 is 15.9 Å². The standard InChI is InChI=1S/C21H18BrClN2O4S/c1-30(27,28)25(14-21(26)24-15-7-12-19(22)20(23)13-15)16-8-10-18(11-9-16)29-17-5-3-2-4-6-17/h2-13H,14H2,1H3,(H,24,26). The van der Waals surface area contributed by atoms with Crippen molar-refractivity contribution in [2.45, 2.75) is 0 Å². The number of para-hydroxylation sites is 1. The van der Waals surface area contributed by atoms with Crippen LogP contribution < -0.4 is 14.4 Å². The lowest BCUT2D eigenvalue weighted by Crippen LogP contribution is -2.37. The van der Waals surface area contributed by atoms with Gasteiger partial charge in [0.05, 0.1) is 17.0 Å². The quantitative estimate of drug-likeness (QED) is 0.469. The third kappa shape index (κ3) is 5.98. The first-order valence-corrected chi connectivity index (χ1v) is 11.8. The summed E-state index contributed by atoms with van der Waals surface area (Å²) in [5, 5.41) is 3.08. The average molecular weight is 510 g/mol. The lowest BCUT2D eigenvalue weighted by atomic mass is 10.3. The summed E-state index contributed by atoms with van der Waals surface area (Å²) >= 11 is 9.30. The van der Waals surface area contributed by atoms with Crippen LogP contribution in [0.2, 0.25) is 5.02 Å². The normalized spacial score (nSPS) is 11.0. The molecule has 0 fully saturated rings. The number of amides is 1. The van der Waals surface area contributed by atoms with Crippen molar-refractivity contribution in [2.24, 2.45) is 0 Å². The van der Waals surface area contributed by atoms with E-state index in [1.165, 1.54) is 0 Å². The lowest BCUT2D eigenvalue weighted by Gasteiger charge is -2.22. The molecule has 0 saturated heterocycles. The molecule has 3 aromatic rings. The fourth-order valence-electron chi connectivity index (χ4n) is 2.61. The Morgan fingerprint density at radius 3 is 2.27 bits per heavy atom. The van der Waals surface area contributed by atoms with Crippen LogP contribution in [0.4, 0.5) is 11.4 Å². The van der Waals surface area contributed by atoms with E-state index in [-0.39, 0.29) is 6.54 Å². The summed E-state index contributed by atoms with van der Waals surface area (Å²) in [5.41, 5.74) is 0.815. The van der Waals surface area contributed by atoms with E-state index in [1.807, 2.05) is 30.3 Å². The fraction of sp³-hybridized carbons (Fsp3) is 0.0952. The molecule has 1 amide bonds. The molecule has 0 aliphatic rings. The van der Waals surface area contributed by atoms with Gasteiger partial charge in [-0.15, -0.1) is 0 Å². The minimum atomic E-state index is -3.69. The lowest BCUT2D eigenvalue weighted by molar-refractivity contribution is -0.114. The minimum absolute atomic E-state index is 0.349. The van der Waals surface area contributed by atoms with Crippen molar-refractivity contribution < 1.29 is 17.9 Å². The highest BCUT2D eigenvalue weighted by Crippen LogP contribution is 2.27. The number of halogens is 2. The smallest absolute Gasteiger partial charge is 0.245 e. The number of benzene rings is 3. The molecule has 3 rings (SSSR count). The summed E-state index contributed by atoms with van der Waals surface area (Å²) in [6.45, 7) is -0.384. The molecular formula is C21H18BrClN2O4S. The second-order valence-electron chi connectivity index (χ2n) is 6.36. The van der Waals surface area contributed by atoms with E-state index in [0.29, 0.717) is 32.4 Å². The topological polar surface area (TPSA) is 75.7 Å². The number of rotatable bonds is 7. The molecule has 0 aliphatic heterocycles. The van der Waals surface area contributed by atoms with Gasteiger partial charge in [-0.1, -0.05) is 29.8 Å². The minimum Gasteiger partial charge on any atom is -0.457 e. The predicted octanol–water partition coefficient (Wildman–Crippen LogP) is 5.30. The van der Waals surface area contributed by atoms with Gasteiger partial charge in [-0.05, 0) is 70.5 Å². The molecule has 0 saturated carbocycles. The van der Waals surface area contributed by atoms with E-state index in [2.05, 4.69) is 21.2 Å². The zero-order chi connectivity index (χ0) is 21.7. The Morgan fingerprint density at radius 2 is 1.67 bits per heavy atom. The molecule has 0 atom stereocenters. The van der Waals surface area contributed by atoms with Crippen molar-refractivity contribution in [1.29, 1.82) is 0 Å². The van der Waals surface area contributed by atoms with E-state index in [9.17, 15) is 13.2 Å². The Morgan fingerprint density at radius 1 is 1.03 bits per heavy atom. The molecule has 0 bridgehead atoms. The number of nitrogens with one attached hydrogen (secondary N) is 1. The SMILES string of the molecule is CS(=O)(=O)N(CC(=O)Nc1ccc(Br)c(Cl)c1)c1ccc(Oc2ccccc2)cc1. The Kier molecular flexibility index (Phi) is 7.02. The summed E-state index contributed by atoms with van der Waals surface area (Å²) in [6, 6.07) is 20.6. The van der Waals surface area contributed by atoms with Crippen LogP contribution in [-0.4, -0.2) is 27.1 Å². The van der Waals surface area contributed by atoms with Crippen molar-refractivity contribution in [3.8, 4) is 11.5 Å². The maximum absolute atomic E-state index is 12.5. The maximum atomic E-state index is 12.5. The highest BCUT2D eigenvalue weighted by molar-refractivity contribution is 9.10. The van der Waals surface area contributed by atoms with E-state index in [1.54, 1.807) is 42.5 Å². The van der Waals surface area contributed by atoms with Crippen LogP contribution in [0.3, 0.4) is 0 Å². The fourth-order valence-corrected chi connectivity index (χ4v) is 3.89. The Hall–Kier alpha value is -2.55. The average Bonchev–Trinajstić information content (AvgIpc) is 2.70. The Balaban J connectivity index is 1.74. The van der Waals surface area contributed by atoms with Crippen LogP contribution in [0.5, 0.6) is 11.5 Å². The van der Waals surface area contributed by atoms with Gasteiger partial charge in [-0.25, -0.2) is 8.42 Å². The Labute approximate surface area is 188 Å². The third-order valence-corrected chi connectivity index (χ3v) is 6.37. The molecule has 0 radical (unpaired) electrons. The highest BCUT2D eigenvalue weighted by Gasteiger charge is 2.21. The van der Waals surface area contributed by atoms with Gasteiger partial charge in [0.2, 0.25) is 15.9 Å². The van der Waals surface area contributed by atoms with Gasteiger partial charge >= 0.3 is 0 Å². The molecule has 0 heterocycles. The summed E-state index contributed by atoms with van der Waals surface area (Å²) in [7, 11) is -3.69. The zero-order valence-corrected chi connectivity index (χ0v) is 19.0. The van der Waals surface area contributed by atoms with E-state index in [0.717, 1.165) is 10.6 Å². The molecular weight excluding hydrogens is 492 g/mol. The summed E-state index contributed by atoms with van der Waals surface area (Å²) < 4.78 is 32.0. The number of nitrogens with zero attached hydrogens (tertiary/aromatic N) is 1. The van der Waals surface area contributed by atoms with Crippen molar-refractivity contribution in [3.63, 3.8) is 0 Å². The first-order valence-electron chi connectivity index (χ1n) is 8.78. The van der Waals surface area contributed by atoms with Crippen molar-refractivity contribution >= 4 is 54.8 Å². The molecule has 9 heteroatoms. The second kappa shape index (κ2) is 9.51. The number of carbonyl (C=O) groups excluding carboxylic acids is 1. The van der Waals surface area contributed by atoms with Crippen LogP contribution >= 0.6 is 27.5 Å². The van der Waals surface area contributed by atoms with Gasteiger partial charge in [0.1, 0.15) is 18.0 Å². The molecule has 0 spiro atoms. The Bertz CT molecular complexity index is 1140. The molecule has 30 heavy (non-hydrogen) atoms. The predicted molar refractivity (Wildman–Crippen MR) is 123 cm³/mol. The molecule has 1 N–H and O–H groups in total. The first-order chi connectivity index (χ1) is 14.2. The summed E-state index contributed by atoms with van der Waals surface area (Å²) in [4.78, 5) is 12.5. The number of carbonyl (C=O) groups is 1. The molecule has 6 nitrogen and oxygen atoms in total. The molecule has 0 unspecified atom stereocenters. The maximum Gasteiger partial charge on any atom is 0.245 e. The van der Waals surface area contributed by atoms with Crippen LogP contribution in [0.25, 0.3) is 0 Å². The number of ether oxygens (including phenoxy) is 1. The zero-order valence-electron chi connectivity index (χ0n) is 15.9. The van der Waals surface area contributed by atoms with Crippen LogP contribution in [0.1, 0.15) is 0 Å². The van der Waals surface area contributed by atoms with Gasteiger partial charge < -0.3 is 10.1 Å². The molecule has 0 aromatic heterocycles. The number of sulfonamides is 1.